The minimum absolute atomic E-state index is 0.288. The van der Waals surface area contributed by atoms with Crippen LogP contribution in [-0.2, 0) is 18.9 Å². The summed E-state index contributed by atoms with van der Waals surface area (Å²) in [5.41, 5.74) is 0. The Labute approximate surface area is 114 Å². The van der Waals surface area contributed by atoms with Crippen molar-refractivity contribution in [1.29, 1.82) is 0 Å². The number of nitrogens with one attached hydrogen (secondary N) is 1. The van der Waals surface area contributed by atoms with Gasteiger partial charge in [0.15, 0.2) is 0 Å². The van der Waals surface area contributed by atoms with Gasteiger partial charge in [-0.25, -0.2) is 4.79 Å². The molecule has 7 nitrogen and oxygen atoms in total. The number of rotatable bonds is 14. The monoisotopic (exact) mass is 279 g/mol. The van der Waals surface area contributed by atoms with Crippen LogP contribution >= 0.6 is 0 Å². The molecule has 0 rings (SSSR count). The van der Waals surface area contributed by atoms with E-state index in [0.29, 0.717) is 46.2 Å². The van der Waals surface area contributed by atoms with E-state index in [4.69, 9.17) is 24.1 Å². The van der Waals surface area contributed by atoms with Crippen molar-refractivity contribution >= 4 is 6.09 Å². The predicted octanol–water partition coefficient (Wildman–Crippen LogP) is 0.730. The van der Waals surface area contributed by atoms with Crippen molar-refractivity contribution in [2.45, 2.75) is 13.3 Å². The first-order chi connectivity index (χ1) is 9.27. The molecule has 0 bridgehead atoms. The molecule has 0 aliphatic heterocycles. The van der Waals surface area contributed by atoms with Gasteiger partial charge in [-0.1, -0.05) is 6.92 Å². The van der Waals surface area contributed by atoms with Gasteiger partial charge in [0, 0.05) is 13.2 Å². The van der Waals surface area contributed by atoms with Gasteiger partial charge in [0.2, 0.25) is 0 Å². The summed E-state index contributed by atoms with van der Waals surface area (Å²) in [4.78, 5) is 10.1. The van der Waals surface area contributed by atoms with Crippen molar-refractivity contribution in [3.8, 4) is 0 Å². The summed E-state index contributed by atoms with van der Waals surface area (Å²) in [6.45, 7) is 6.65. The first kappa shape index (κ1) is 18.1. The standard InChI is InChI=1S/C12H25NO6/c1-2-4-16-6-8-18-10-11-19-9-7-17-5-3-13-12(14)15/h13H,2-11H2,1H3,(H,14,15). The first-order valence-corrected chi connectivity index (χ1v) is 6.55. The van der Waals surface area contributed by atoms with E-state index in [0.717, 1.165) is 13.0 Å². The maximum Gasteiger partial charge on any atom is 0.404 e. The van der Waals surface area contributed by atoms with Gasteiger partial charge in [0.05, 0.1) is 46.2 Å². The Morgan fingerprint density at radius 1 is 0.842 bits per heavy atom. The molecule has 0 fully saturated rings. The molecule has 114 valence electrons. The van der Waals surface area contributed by atoms with Crippen LogP contribution in [0.25, 0.3) is 0 Å². The van der Waals surface area contributed by atoms with Crippen LogP contribution in [0.1, 0.15) is 13.3 Å². The average Bonchev–Trinajstić information content (AvgIpc) is 2.39. The second kappa shape index (κ2) is 15.2. The molecular formula is C12H25NO6. The topological polar surface area (TPSA) is 86.3 Å². The first-order valence-electron chi connectivity index (χ1n) is 6.55. The van der Waals surface area contributed by atoms with E-state index in [2.05, 4.69) is 12.2 Å². The zero-order valence-corrected chi connectivity index (χ0v) is 11.6. The molecule has 0 saturated carbocycles. The van der Waals surface area contributed by atoms with Gasteiger partial charge in [-0.05, 0) is 6.42 Å². The number of carboxylic acid groups (broad SMARTS) is 1. The highest BCUT2D eigenvalue weighted by molar-refractivity contribution is 5.64. The van der Waals surface area contributed by atoms with Crippen LogP contribution in [0.2, 0.25) is 0 Å². The third-order valence-electron chi connectivity index (χ3n) is 1.99. The van der Waals surface area contributed by atoms with Gasteiger partial charge < -0.3 is 29.4 Å². The van der Waals surface area contributed by atoms with E-state index >= 15 is 0 Å². The van der Waals surface area contributed by atoms with Crippen molar-refractivity contribution in [3.63, 3.8) is 0 Å². The van der Waals surface area contributed by atoms with Gasteiger partial charge in [0.25, 0.3) is 0 Å². The van der Waals surface area contributed by atoms with Crippen LogP contribution < -0.4 is 5.32 Å². The van der Waals surface area contributed by atoms with Crippen molar-refractivity contribution < 1.29 is 28.8 Å². The maximum atomic E-state index is 10.1. The Bertz CT molecular complexity index is 203. The third-order valence-corrected chi connectivity index (χ3v) is 1.99. The lowest BCUT2D eigenvalue weighted by Crippen LogP contribution is -2.25. The fraction of sp³-hybridized carbons (Fsp3) is 0.917. The molecule has 0 aromatic rings. The molecule has 1 amide bonds. The second-order valence-electron chi connectivity index (χ2n) is 3.68. The minimum atomic E-state index is -1.04. The molecule has 0 unspecified atom stereocenters. The number of carbonyl (C=O) groups is 1. The van der Waals surface area contributed by atoms with Crippen LogP contribution in [0.4, 0.5) is 4.79 Å². The van der Waals surface area contributed by atoms with Gasteiger partial charge in [-0.3, -0.25) is 0 Å². The molecule has 0 spiro atoms. The Morgan fingerprint density at radius 3 is 1.68 bits per heavy atom. The summed E-state index contributed by atoms with van der Waals surface area (Å²) in [7, 11) is 0. The molecule has 0 aromatic carbocycles. The van der Waals surface area contributed by atoms with Crippen LogP contribution in [0.3, 0.4) is 0 Å². The van der Waals surface area contributed by atoms with E-state index < -0.39 is 6.09 Å². The van der Waals surface area contributed by atoms with E-state index in [9.17, 15) is 4.79 Å². The molecule has 0 heterocycles. The fourth-order valence-electron chi connectivity index (χ4n) is 1.14. The minimum Gasteiger partial charge on any atom is -0.465 e. The van der Waals surface area contributed by atoms with Gasteiger partial charge >= 0.3 is 6.09 Å². The SMILES string of the molecule is CCCOCCOCCOCCOCCNC(=O)O. The summed E-state index contributed by atoms with van der Waals surface area (Å²) >= 11 is 0. The second-order valence-corrected chi connectivity index (χ2v) is 3.68. The van der Waals surface area contributed by atoms with Crippen molar-refractivity contribution in [2.24, 2.45) is 0 Å². The Balaban J connectivity index is 2.93. The number of ether oxygens (including phenoxy) is 4. The molecular weight excluding hydrogens is 254 g/mol. The number of hydrogen-bond acceptors (Lipinski definition) is 5. The van der Waals surface area contributed by atoms with E-state index in [1.54, 1.807) is 0 Å². The number of hydrogen-bond donors (Lipinski definition) is 2. The fourth-order valence-corrected chi connectivity index (χ4v) is 1.14. The summed E-state index contributed by atoms with van der Waals surface area (Å²) in [5.74, 6) is 0. The highest BCUT2D eigenvalue weighted by atomic mass is 16.6. The predicted molar refractivity (Wildman–Crippen MR) is 69.6 cm³/mol. The molecule has 0 aliphatic rings. The zero-order valence-electron chi connectivity index (χ0n) is 11.6. The lowest BCUT2D eigenvalue weighted by Gasteiger charge is -2.07. The Hall–Kier alpha value is -0.890. The van der Waals surface area contributed by atoms with Crippen molar-refractivity contribution in [2.75, 3.05) is 59.4 Å². The van der Waals surface area contributed by atoms with E-state index in [1.165, 1.54) is 0 Å². The maximum absolute atomic E-state index is 10.1. The Morgan fingerprint density at radius 2 is 1.26 bits per heavy atom. The molecule has 0 saturated heterocycles. The molecule has 19 heavy (non-hydrogen) atoms. The van der Waals surface area contributed by atoms with Crippen LogP contribution in [0, 0.1) is 0 Å². The molecule has 2 N–H and O–H groups in total. The Kier molecular flexibility index (Phi) is 14.5. The number of amides is 1. The largest absolute Gasteiger partial charge is 0.465 e. The summed E-state index contributed by atoms with van der Waals surface area (Å²) < 4.78 is 20.9. The summed E-state index contributed by atoms with van der Waals surface area (Å²) in [5, 5.41) is 10.5. The van der Waals surface area contributed by atoms with Crippen molar-refractivity contribution in [1.82, 2.24) is 5.32 Å². The smallest absolute Gasteiger partial charge is 0.404 e. The summed E-state index contributed by atoms with van der Waals surface area (Å²) in [6, 6.07) is 0. The highest BCUT2D eigenvalue weighted by Crippen LogP contribution is 1.84. The zero-order chi connectivity index (χ0) is 14.2. The molecule has 0 atom stereocenters. The highest BCUT2D eigenvalue weighted by Gasteiger charge is 1.94. The van der Waals surface area contributed by atoms with Crippen LogP contribution in [-0.4, -0.2) is 70.6 Å². The third kappa shape index (κ3) is 17.1. The van der Waals surface area contributed by atoms with Crippen molar-refractivity contribution in [3.05, 3.63) is 0 Å². The lowest BCUT2D eigenvalue weighted by atomic mass is 10.5. The average molecular weight is 279 g/mol. The summed E-state index contributed by atoms with van der Waals surface area (Å²) in [6.07, 6.45) is -0.0228. The molecule has 0 aliphatic carbocycles. The normalized spacial score (nSPS) is 10.6. The lowest BCUT2D eigenvalue weighted by molar-refractivity contribution is -0.00130. The molecule has 7 heteroatoms. The van der Waals surface area contributed by atoms with Gasteiger partial charge in [0.1, 0.15) is 0 Å². The van der Waals surface area contributed by atoms with E-state index in [-0.39, 0.29) is 6.54 Å². The van der Waals surface area contributed by atoms with Gasteiger partial charge in [-0.2, -0.15) is 0 Å². The van der Waals surface area contributed by atoms with E-state index in [1.807, 2.05) is 0 Å². The quantitative estimate of drug-likeness (QED) is 0.456. The van der Waals surface area contributed by atoms with Crippen LogP contribution in [0.5, 0.6) is 0 Å². The van der Waals surface area contributed by atoms with Gasteiger partial charge in [-0.15, -0.1) is 0 Å². The van der Waals surface area contributed by atoms with Crippen LogP contribution in [0.15, 0.2) is 0 Å². The molecule has 0 aromatic heterocycles. The molecule has 0 radical (unpaired) electrons.